The number of allylic oxidation sites excluding steroid dienone is 3. The average molecular weight is 539 g/mol. The third-order valence-electron chi connectivity index (χ3n) is 8.85. The van der Waals surface area contributed by atoms with Crippen molar-refractivity contribution in [3.05, 3.63) is 71.8 Å². The van der Waals surface area contributed by atoms with Crippen LogP contribution in [0.4, 0.5) is 0 Å². The number of carbonyl (C=O) groups is 3. The van der Waals surface area contributed by atoms with Crippen molar-refractivity contribution in [1.82, 2.24) is 0 Å². The summed E-state index contributed by atoms with van der Waals surface area (Å²) in [6.07, 6.45) is 2.97. The smallest absolute Gasteiger partial charge is 0.338 e. The Labute approximate surface area is 229 Å². The van der Waals surface area contributed by atoms with Gasteiger partial charge in [-0.25, -0.2) is 4.79 Å². The highest BCUT2D eigenvalue weighted by atomic mass is 16.8. The molecule has 0 amide bonds. The minimum Gasteiger partial charge on any atom is -0.455 e. The average Bonchev–Trinajstić information content (AvgIpc) is 3.18. The predicted molar refractivity (Wildman–Crippen MR) is 143 cm³/mol. The van der Waals surface area contributed by atoms with E-state index in [1.807, 2.05) is 13.0 Å². The summed E-state index contributed by atoms with van der Waals surface area (Å²) < 4.78 is 23.3. The van der Waals surface area contributed by atoms with Crippen LogP contribution in [-0.2, 0) is 28.5 Å². The fraction of sp³-hybridized carbons (Fsp3) is 0.516. The summed E-state index contributed by atoms with van der Waals surface area (Å²) in [5, 5.41) is 11.8. The Morgan fingerprint density at radius 2 is 1.74 bits per heavy atom. The first-order valence-electron chi connectivity index (χ1n) is 13.4. The first kappa shape index (κ1) is 28.8. The Morgan fingerprint density at radius 3 is 2.36 bits per heavy atom. The lowest BCUT2D eigenvalue weighted by atomic mass is 9.45. The second-order valence-electron chi connectivity index (χ2n) is 11.2. The van der Waals surface area contributed by atoms with Gasteiger partial charge < -0.3 is 19.3 Å². The maximum absolute atomic E-state index is 13.1. The van der Waals surface area contributed by atoms with Gasteiger partial charge in [0, 0.05) is 19.4 Å². The summed E-state index contributed by atoms with van der Waals surface area (Å²) in [5.74, 6) is -1.98. The summed E-state index contributed by atoms with van der Waals surface area (Å²) in [6.45, 7) is 12.6. The minimum atomic E-state index is -1.20. The van der Waals surface area contributed by atoms with Gasteiger partial charge in [0.05, 0.1) is 17.1 Å². The highest BCUT2D eigenvalue weighted by Gasteiger charge is 2.71. The van der Waals surface area contributed by atoms with Crippen LogP contribution in [-0.4, -0.2) is 47.8 Å². The first-order valence-corrected chi connectivity index (χ1v) is 13.4. The largest absolute Gasteiger partial charge is 0.455 e. The monoisotopic (exact) mass is 538 g/mol. The molecule has 1 heterocycles. The zero-order valence-electron chi connectivity index (χ0n) is 23.2. The van der Waals surface area contributed by atoms with E-state index in [0.29, 0.717) is 30.4 Å². The molecule has 1 N–H and O–H groups in total. The van der Waals surface area contributed by atoms with Crippen LogP contribution in [0.2, 0.25) is 0 Å². The number of ether oxygens (including phenoxy) is 4. The molecule has 4 rings (SSSR count). The Bertz CT molecular complexity index is 1190. The Morgan fingerprint density at radius 1 is 1.08 bits per heavy atom. The van der Waals surface area contributed by atoms with Crippen LogP contribution in [0.25, 0.3) is 0 Å². The van der Waals surface area contributed by atoms with Gasteiger partial charge in [-0.2, -0.15) is 0 Å². The summed E-state index contributed by atoms with van der Waals surface area (Å²) in [4.78, 5) is 37.4. The second kappa shape index (κ2) is 11.1. The highest BCUT2D eigenvalue weighted by Crippen LogP contribution is 2.67. The quantitative estimate of drug-likeness (QED) is 0.226. The van der Waals surface area contributed by atoms with Crippen molar-refractivity contribution in [2.75, 3.05) is 0 Å². The maximum Gasteiger partial charge on any atom is 0.338 e. The third kappa shape index (κ3) is 5.20. The Balaban J connectivity index is 1.87. The molecule has 1 saturated heterocycles. The molecule has 3 aliphatic rings. The molecule has 1 saturated carbocycles. The van der Waals surface area contributed by atoms with E-state index in [1.165, 1.54) is 13.8 Å². The Kier molecular flexibility index (Phi) is 8.19. The second-order valence-corrected chi connectivity index (χ2v) is 11.2. The molecule has 1 aliphatic heterocycles. The molecule has 8 nitrogen and oxygen atoms in total. The number of carbonyl (C=O) groups excluding carboxylic acids is 3. The van der Waals surface area contributed by atoms with Crippen molar-refractivity contribution < 1.29 is 38.4 Å². The van der Waals surface area contributed by atoms with Crippen molar-refractivity contribution in [3.8, 4) is 0 Å². The SMILES string of the molecule is C=C/C(C)=C/C[C@@]1(C)[C@H]2C[C@H](OC(=O)c3ccccc3)C=C3[C@@H](OC(C)=O)O[C@H](OC(C)=O)[C@@]32[C@@H](O)C[C@@H]1C. The number of aliphatic hydroxyl groups excluding tert-OH is 1. The number of hydrogen-bond donors (Lipinski definition) is 1. The van der Waals surface area contributed by atoms with E-state index >= 15 is 0 Å². The molecule has 2 aliphatic carbocycles. The van der Waals surface area contributed by atoms with Gasteiger partial charge in [0.1, 0.15) is 6.10 Å². The van der Waals surface area contributed by atoms with E-state index < -0.39 is 53.5 Å². The number of rotatable bonds is 7. The summed E-state index contributed by atoms with van der Waals surface area (Å²) in [7, 11) is 0. The molecule has 1 spiro atoms. The maximum atomic E-state index is 13.1. The van der Waals surface area contributed by atoms with Gasteiger partial charge in [0.25, 0.3) is 0 Å². The molecule has 0 bridgehead atoms. The van der Waals surface area contributed by atoms with Gasteiger partial charge in [-0.05, 0) is 61.6 Å². The standard InChI is InChI=1S/C31H38O8/c1-7-18(2)13-14-30(6)19(3)15-26(34)31-24(28(36-20(4)32)39-29(31)37-21(5)33)16-23(17-25(30)31)38-27(35)22-11-9-8-10-12-22/h7-13,16,19,23,25-26,28-29,34H,1,14-15,17H2,2-6H3/b18-13+/t19-,23+,25+,26-,28-,29-,30+,31-/m0/s1. The van der Waals surface area contributed by atoms with Crippen molar-refractivity contribution in [3.63, 3.8) is 0 Å². The lowest BCUT2D eigenvalue weighted by Gasteiger charge is -2.60. The zero-order chi connectivity index (χ0) is 28.5. The molecular formula is C31H38O8. The van der Waals surface area contributed by atoms with Crippen LogP contribution < -0.4 is 0 Å². The van der Waals surface area contributed by atoms with Gasteiger partial charge in [-0.3, -0.25) is 14.3 Å². The van der Waals surface area contributed by atoms with Crippen LogP contribution in [0.3, 0.4) is 0 Å². The normalized spacial score (nSPS) is 35.6. The number of hydrogen-bond acceptors (Lipinski definition) is 8. The van der Waals surface area contributed by atoms with Gasteiger partial charge >= 0.3 is 17.9 Å². The van der Waals surface area contributed by atoms with E-state index in [1.54, 1.807) is 36.4 Å². The molecule has 8 atom stereocenters. The van der Waals surface area contributed by atoms with Crippen LogP contribution in [0, 0.1) is 22.7 Å². The molecule has 39 heavy (non-hydrogen) atoms. The van der Waals surface area contributed by atoms with Gasteiger partial charge in [0.15, 0.2) is 0 Å². The first-order chi connectivity index (χ1) is 18.4. The van der Waals surface area contributed by atoms with Crippen molar-refractivity contribution in [1.29, 1.82) is 0 Å². The third-order valence-corrected chi connectivity index (χ3v) is 8.85. The molecule has 2 fully saturated rings. The van der Waals surface area contributed by atoms with Crippen LogP contribution in [0.5, 0.6) is 0 Å². The fourth-order valence-electron chi connectivity index (χ4n) is 6.65. The van der Waals surface area contributed by atoms with E-state index in [0.717, 1.165) is 5.57 Å². The van der Waals surface area contributed by atoms with Crippen LogP contribution in [0.1, 0.15) is 64.2 Å². The molecule has 1 aromatic carbocycles. The minimum absolute atomic E-state index is 0.0487. The van der Waals surface area contributed by atoms with Crippen molar-refractivity contribution in [2.45, 2.75) is 78.7 Å². The van der Waals surface area contributed by atoms with E-state index in [4.69, 9.17) is 18.9 Å². The summed E-state index contributed by atoms with van der Waals surface area (Å²) >= 11 is 0. The molecule has 210 valence electrons. The number of benzene rings is 1. The lowest BCUT2D eigenvalue weighted by molar-refractivity contribution is -0.253. The van der Waals surface area contributed by atoms with Crippen LogP contribution >= 0.6 is 0 Å². The fourth-order valence-corrected chi connectivity index (χ4v) is 6.65. The predicted octanol–water partition coefficient (Wildman–Crippen LogP) is 4.88. The molecule has 1 aromatic rings. The molecular weight excluding hydrogens is 500 g/mol. The van der Waals surface area contributed by atoms with Gasteiger partial charge in [-0.1, -0.05) is 56.4 Å². The van der Waals surface area contributed by atoms with Crippen molar-refractivity contribution in [2.24, 2.45) is 22.7 Å². The van der Waals surface area contributed by atoms with E-state index in [-0.39, 0.29) is 11.8 Å². The number of esters is 3. The van der Waals surface area contributed by atoms with E-state index in [2.05, 4.69) is 26.5 Å². The van der Waals surface area contributed by atoms with Crippen molar-refractivity contribution >= 4 is 17.9 Å². The molecule has 0 unspecified atom stereocenters. The summed E-state index contributed by atoms with van der Waals surface area (Å²) in [6, 6.07) is 8.70. The Hall–Kier alpha value is -3.23. The molecule has 0 radical (unpaired) electrons. The summed E-state index contributed by atoms with van der Waals surface area (Å²) in [5.41, 5.74) is 0.251. The molecule has 8 heteroatoms. The topological polar surface area (TPSA) is 108 Å². The highest BCUT2D eigenvalue weighted by molar-refractivity contribution is 5.89. The lowest BCUT2D eigenvalue weighted by Crippen LogP contribution is -2.63. The number of aliphatic hydroxyl groups is 1. The van der Waals surface area contributed by atoms with E-state index in [9.17, 15) is 19.5 Å². The molecule has 0 aromatic heterocycles. The zero-order valence-corrected chi connectivity index (χ0v) is 23.2. The van der Waals surface area contributed by atoms with Gasteiger partial charge in [0.2, 0.25) is 12.6 Å². The van der Waals surface area contributed by atoms with Crippen LogP contribution in [0.15, 0.2) is 66.3 Å². The van der Waals surface area contributed by atoms with Gasteiger partial charge in [-0.15, -0.1) is 0 Å².